The van der Waals surface area contributed by atoms with Crippen LogP contribution in [0.4, 0.5) is 11.4 Å². The van der Waals surface area contributed by atoms with E-state index in [9.17, 15) is 10.1 Å². The van der Waals surface area contributed by atoms with Gasteiger partial charge < -0.3 is 0 Å². The third-order valence-corrected chi connectivity index (χ3v) is 10.5. The number of imide groups is 1. The van der Waals surface area contributed by atoms with Gasteiger partial charge in [0.25, 0.3) is 5.69 Å². The summed E-state index contributed by atoms with van der Waals surface area (Å²) in [5.41, 5.74) is 3.49. The number of nitro groups is 1. The molecule has 4 atom stereocenters. The molecule has 1 saturated carbocycles. The zero-order valence-corrected chi connectivity index (χ0v) is 26.3. The van der Waals surface area contributed by atoms with Crippen molar-refractivity contribution in [1.29, 1.82) is 0 Å². The van der Waals surface area contributed by atoms with Crippen LogP contribution >= 0.6 is 0 Å². The zero-order valence-electron chi connectivity index (χ0n) is 26.3. The molecule has 48 heavy (non-hydrogen) atoms. The maximum absolute atomic E-state index is 15.9. The van der Waals surface area contributed by atoms with Gasteiger partial charge in [0.2, 0.25) is 11.8 Å². The molecular formula is C41H30N2O5. The molecule has 2 amide bonds. The largest absolute Gasteiger partial charge is 0.297 e. The number of nitro benzene ring substituents is 1. The number of fused-ring (bicyclic) bond motifs is 5. The van der Waals surface area contributed by atoms with Crippen molar-refractivity contribution in [2.45, 2.75) is 24.7 Å². The van der Waals surface area contributed by atoms with Gasteiger partial charge in [0.15, 0.2) is 5.78 Å². The molecule has 0 spiro atoms. The minimum absolute atomic E-state index is 0.153. The van der Waals surface area contributed by atoms with Gasteiger partial charge in [-0.1, -0.05) is 120 Å². The predicted octanol–water partition coefficient (Wildman–Crippen LogP) is 7.40. The number of ketones is 1. The van der Waals surface area contributed by atoms with Gasteiger partial charge in [-0.3, -0.25) is 24.5 Å². The first-order valence-corrected chi connectivity index (χ1v) is 15.9. The van der Waals surface area contributed by atoms with Gasteiger partial charge in [-0.2, -0.15) is 0 Å². The van der Waals surface area contributed by atoms with Crippen LogP contribution in [0.5, 0.6) is 0 Å². The van der Waals surface area contributed by atoms with Crippen molar-refractivity contribution in [3.05, 3.63) is 177 Å². The highest BCUT2D eigenvalue weighted by Gasteiger charge is 2.82. The van der Waals surface area contributed by atoms with Gasteiger partial charge >= 0.3 is 0 Å². The van der Waals surface area contributed by atoms with E-state index < -0.39 is 39.4 Å². The highest BCUT2D eigenvalue weighted by Crippen LogP contribution is 2.74. The summed E-state index contributed by atoms with van der Waals surface area (Å²) in [6, 6.07) is 40.2. The molecule has 2 fully saturated rings. The van der Waals surface area contributed by atoms with E-state index in [2.05, 4.69) is 0 Å². The summed E-state index contributed by atoms with van der Waals surface area (Å²) in [6.45, 7) is 4.00. The summed E-state index contributed by atoms with van der Waals surface area (Å²) in [7, 11) is 0. The van der Waals surface area contributed by atoms with Crippen molar-refractivity contribution in [2.24, 2.45) is 11.8 Å². The van der Waals surface area contributed by atoms with Gasteiger partial charge in [0.1, 0.15) is 0 Å². The van der Waals surface area contributed by atoms with Crippen LogP contribution in [0.15, 0.2) is 133 Å². The van der Waals surface area contributed by atoms with E-state index in [4.69, 9.17) is 0 Å². The molecule has 8 rings (SSSR count). The third-order valence-electron chi connectivity index (χ3n) is 10.5. The number of carbonyl (C=O) groups excluding carboxylic acids is 3. The number of anilines is 1. The molecule has 1 saturated heterocycles. The summed E-state index contributed by atoms with van der Waals surface area (Å²) < 4.78 is 0. The van der Waals surface area contributed by atoms with Gasteiger partial charge in [0, 0.05) is 12.1 Å². The Morgan fingerprint density at radius 3 is 1.33 bits per heavy atom. The van der Waals surface area contributed by atoms with Crippen molar-refractivity contribution < 1.29 is 19.3 Å². The van der Waals surface area contributed by atoms with Crippen LogP contribution in [0.1, 0.15) is 33.4 Å². The Hall–Kier alpha value is -5.95. The van der Waals surface area contributed by atoms with E-state index in [-0.39, 0.29) is 17.2 Å². The lowest BCUT2D eigenvalue weighted by molar-refractivity contribution is -0.384. The Labute approximate surface area is 277 Å². The summed E-state index contributed by atoms with van der Waals surface area (Å²) in [5.74, 6) is -3.33. The first-order chi connectivity index (χ1) is 23.2. The predicted molar refractivity (Wildman–Crippen MR) is 183 cm³/mol. The van der Waals surface area contributed by atoms with E-state index in [1.54, 1.807) is 0 Å². The molecule has 7 heteroatoms. The Morgan fingerprint density at radius 1 is 0.562 bits per heavy atom. The molecule has 1 heterocycles. The van der Waals surface area contributed by atoms with Gasteiger partial charge in [-0.05, 0) is 59.4 Å². The lowest BCUT2D eigenvalue weighted by atomic mass is 9.59. The Balaban J connectivity index is 1.52. The first-order valence-electron chi connectivity index (χ1n) is 15.9. The number of amides is 2. The quantitative estimate of drug-likeness (QED) is 0.111. The Morgan fingerprint density at radius 2 is 0.958 bits per heavy atom. The van der Waals surface area contributed by atoms with Gasteiger partial charge in [-0.25, -0.2) is 4.90 Å². The molecule has 0 N–H and O–H groups in total. The minimum atomic E-state index is -1.51. The smallest absolute Gasteiger partial charge is 0.269 e. The molecule has 5 aromatic rings. The van der Waals surface area contributed by atoms with Crippen LogP contribution in [0, 0.1) is 35.8 Å². The number of aryl methyl sites for hydroxylation is 2. The number of carbonyl (C=O) groups is 3. The van der Waals surface area contributed by atoms with E-state index in [0.717, 1.165) is 38.3 Å². The van der Waals surface area contributed by atoms with Crippen molar-refractivity contribution >= 4 is 40.1 Å². The topological polar surface area (TPSA) is 97.6 Å². The molecule has 1 aliphatic heterocycles. The third kappa shape index (κ3) is 3.72. The summed E-state index contributed by atoms with van der Waals surface area (Å²) in [4.78, 5) is 58.1. The molecule has 0 unspecified atom stereocenters. The standard InChI is InChI=1S/C41H30N2O5/c1-25-13-17-27(18-14-25)33-34(28-19-15-26(2)16-20-28)41(30-11-7-4-8-12-30)36-35(40(33,39(41)46)29-9-5-3-6-10-29)37(44)42(38(36)45)31-21-23-32(24-22-31)43(47)48/h3-24,35-36H,1-2H3/t35-,36+,40-,41-/m1/s1. The van der Waals surface area contributed by atoms with E-state index >= 15 is 14.4 Å². The van der Waals surface area contributed by atoms with E-state index in [0.29, 0.717) is 11.1 Å². The van der Waals surface area contributed by atoms with E-state index in [1.165, 1.54) is 24.3 Å². The molecular weight excluding hydrogens is 600 g/mol. The van der Waals surface area contributed by atoms with Crippen LogP contribution in [-0.2, 0) is 25.2 Å². The number of hydrogen-bond donors (Lipinski definition) is 0. The molecule has 5 aromatic carbocycles. The monoisotopic (exact) mass is 630 g/mol. The zero-order chi connectivity index (χ0) is 33.4. The first kappa shape index (κ1) is 29.5. The lowest BCUT2D eigenvalue weighted by Crippen LogP contribution is -2.45. The SMILES string of the molecule is Cc1ccc(C2=C(c3ccc(C)cc3)[C@@]3(c4ccccc4)C(=O)[C@@]2(c2ccccc2)[C@@H]2C(=O)N(c4ccc([N+](=O)[O-])cc4)C(=O)[C@@H]23)cc1. The number of hydrogen-bond acceptors (Lipinski definition) is 5. The number of benzene rings is 5. The summed E-state index contributed by atoms with van der Waals surface area (Å²) in [5, 5.41) is 11.4. The second-order valence-corrected chi connectivity index (χ2v) is 12.9. The Kier molecular flexibility index (Phi) is 6.47. The summed E-state index contributed by atoms with van der Waals surface area (Å²) >= 11 is 0. The molecule has 2 aliphatic carbocycles. The van der Waals surface area contributed by atoms with Crippen LogP contribution < -0.4 is 4.90 Å². The minimum Gasteiger partial charge on any atom is -0.297 e. The van der Waals surface area contributed by atoms with Gasteiger partial charge in [0.05, 0.1) is 33.3 Å². The number of rotatable bonds is 6. The molecule has 7 nitrogen and oxygen atoms in total. The number of allylic oxidation sites excluding steroid dienone is 2. The second kappa shape index (κ2) is 10.5. The molecule has 0 radical (unpaired) electrons. The molecule has 234 valence electrons. The van der Waals surface area contributed by atoms with Crippen LogP contribution in [0.25, 0.3) is 11.1 Å². The fraction of sp³-hybridized carbons (Fsp3) is 0.146. The molecule has 0 aromatic heterocycles. The maximum Gasteiger partial charge on any atom is 0.269 e. The van der Waals surface area contributed by atoms with Crippen molar-refractivity contribution in [1.82, 2.24) is 0 Å². The number of Topliss-reactive ketones (excluding diaryl/α,β-unsaturated/α-hetero) is 1. The fourth-order valence-corrected chi connectivity index (χ4v) is 8.54. The highest BCUT2D eigenvalue weighted by atomic mass is 16.6. The molecule has 3 aliphatic rings. The van der Waals surface area contributed by atoms with Crippen molar-refractivity contribution in [3.63, 3.8) is 0 Å². The molecule has 2 bridgehead atoms. The second-order valence-electron chi connectivity index (χ2n) is 12.9. The lowest BCUT2D eigenvalue weighted by Gasteiger charge is -2.39. The average molecular weight is 631 g/mol. The van der Waals surface area contributed by atoms with E-state index in [1.807, 2.05) is 123 Å². The fourth-order valence-electron chi connectivity index (χ4n) is 8.54. The normalized spacial score (nSPS) is 24.4. The number of nitrogens with zero attached hydrogens (tertiary/aromatic N) is 2. The van der Waals surface area contributed by atoms with Crippen LogP contribution in [0.3, 0.4) is 0 Å². The number of non-ortho nitro benzene ring substituents is 1. The van der Waals surface area contributed by atoms with Crippen LogP contribution in [0.2, 0.25) is 0 Å². The maximum atomic E-state index is 15.9. The Bertz CT molecular complexity index is 2050. The average Bonchev–Trinajstić information content (AvgIpc) is 3.62. The van der Waals surface area contributed by atoms with Crippen molar-refractivity contribution in [2.75, 3.05) is 4.90 Å². The van der Waals surface area contributed by atoms with Crippen LogP contribution in [-0.4, -0.2) is 22.5 Å². The van der Waals surface area contributed by atoms with Crippen molar-refractivity contribution in [3.8, 4) is 0 Å². The van der Waals surface area contributed by atoms with Gasteiger partial charge in [-0.15, -0.1) is 0 Å². The highest BCUT2D eigenvalue weighted by molar-refractivity contribution is 6.39. The summed E-state index contributed by atoms with van der Waals surface area (Å²) in [6.07, 6.45) is 0.